The van der Waals surface area contributed by atoms with Crippen LogP contribution in [0.3, 0.4) is 0 Å². The van der Waals surface area contributed by atoms with Crippen molar-refractivity contribution in [3.05, 3.63) is 29.6 Å². The van der Waals surface area contributed by atoms with Gasteiger partial charge in [0.25, 0.3) is 0 Å². The average molecular weight is 295 g/mol. The number of rotatable bonds is 7. The minimum atomic E-state index is -4.41. The third-order valence-electron chi connectivity index (χ3n) is 2.53. The second kappa shape index (κ2) is 7.44. The molecule has 20 heavy (non-hydrogen) atoms. The third-order valence-corrected chi connectivity index (χ3v) is 2.53. The second-order valence-corrected chi connectivity index (χ2v) is 4.39. The minimum Gasteiger partial charge on any atom is -0.467 e. The molecule has 0 amide bonds. The summed E-state index contributed by atoms with van der Waals surface area (Å²) in [5.74, 6) is -0.415. The highest BCUT2D eigenvalue weighted by Crippen LogP contribution is 2.19. The van der Waals surface area contributed by atoms with Gasteiger partial charge in [0.05, 0.1) is 0 Å². The van der Waals surface area contributed by atoms with Crippen LogP contribution in [0.15, 0.2) is 18.2 Å². The molecule has 0 aliphatic rings. The molecule has 114 valence electrons. The zero-order valence-corrected chi connectivity index (χ0v) is 11.0. The highest BCUT2D eigenvalue weighted by Gasteiger charge is 2.27. The van der Waals surface area contributed by atoms with Crippen LogP contribution in [-0.2, 0) is 11.2 Å². The number of nitrogens with two attached hydrogens (primary N) is 1. The Kier molecular flexibility index (Phi) is 6.22. The Bertz CT molecular complexity index is 423. The predicted molar refractivity (Wildman–Crippen MR) is 65.9 cm³/mol. The lowest BCUT2D eigenvalue weighted by molar-refractivity contribution is -0.186. The van der Waals surface area contributed by atoms with E-state index in [1.165, 1.54) is 12.1 Å². The van der Waals surface area contributed by atoms with Gasteiger partial charge >= 0.3 is 6.18 Å². The molecule has 0 heterocycles. The van der Waals surface area contributed by atoms with Crippen LogP contribution < -0.4 is 10.5 Å². The summed E-state index contributed by atoms with van der Waals surface area (Å²) in [5.41, 5.74) is 6.39. The van der Waals surface area contributed by atoms with Gasteiger partial charge in [0.1, 0.15) is 18.2 Å². The molecule has 0 radical (unpaired) electrons. The molecular weight excluding hydrogens is 278 g/mol. The molecule has 0 saturated heterocycles. The van der Waals surface area contributed by atoms with Gasteiger partial charge in [-0.1, -0.05) is 6.92 Å². The number of ether oxygens (including phenoxy) is 2. The van der Waals surface area contributed by atoms with E-state index in [1.54, 1.807) is 0 Å². The fraction of sp³-hybridized carbons (Fsp3) is 0.538. The highest BCUT2D eigenvalue weighted by atomic mass is 19.4. The molecule has 1 unspecified atom stereocenters. The number of alkyl halides is 3. The Balaban J connectivity index is 2.53. The van der Waals surface area contributed by atoms with Crippen molar-refractivity contribution in [3.63, 3.8) is 0 Å². The van der Waals surface area contributed by atoms with Crippen LogP contribution in [0.4, 0.5) is 17.6 Å². The van der Waals surface area contributed by atoms with Crippen molar-refractivity contribution in [1.82, 2.24) is 0 Å². The highest BCUT2D eigenvalue weighted by molar-refractivity contribution is 5.30. The van der Waals surface area contributed by atoms with Gasteiger partial charge in [0.15, 0.2) is 6.79 Å². The standard InChI is InChI=1S/C13H17F4NO2/c1-2-11(18)4-9-3-10(14)6-12(5-9)20-8-19-7-13(15,16)17/h3,5-6,11H,2,4,7-8,18H2,1H3. The Morgan fingerprint density at radius 3 is 2.55 bits per heavy atom. The van der Waals surface area contributed by atoms with Crippen molar-refractivity contribution in [2.45, 2.75) is 32.0 Å². The molecule has 1 atom stereocenters. The predicted octanol–water partition coefficient (Wildman–Crippen LogP) is 3.02. The fourth-order valence-electron chi connectivity index (χ4n) is 1.54. The molecule has 2 N–H and O–H groups in total. The number of benzene rings is 1. The van der Waals surface area contributed by atoms with Gasteiger partial charge in [-0.25, -0.2) is 4.39 Å². The van der Waals surface area contributed by atoms with Crippen LogP contribution >= 0.6 is 0 Å². The van der Waals surface area contributed by atoms with Crippen LogP contribution in [-0.4, -0.2) is 25.6 Å². The number of hydrogen-bond donors (Lipinski definition) is 1. The van der Waals surface area contributed by atoms with E-state index in [4.69, 9.17) is 10.5 Å². The molecule has 0 aromatic heterocycles. The number of hydrogen-bond acceptors (Lipinski definition) is 3. The van der Waals surface area contributed by atoms with Gasteiger partial charge in [-0.3, -0.25) is 0 Å². The first-order chi connectivity index (χ1) is 9.30. The third kappa shape index (κ3) is 6.72. The van der Waals surface area contributed by atoms with E-state index < -0.39 is 25.4 Å². The zero-order chi connectivity index (χ0) is 15.2. The summed E-state index contributed by atoms with van der Waals surface area (Å²) in [5, 5.41) is 0. The van der Waals surface area contributed by atoms with Gasteiger partial charge in [0, 0.05) is 12.1 Å². The summed E-state index contributed by atoms with van der Waals surface area (Å²) in [7, 11) is 0. The van der Waals surface area contributed by atoms with Crippen LogP contribution in [0.5, 0.6) is 5.75 Å². The molecule has 0 fully saturated rings. The first-order valence-electron chi connectivity index (χ1n) is 6.12. The molecule has 1 aromatic carbocycles. The van der Waals surface area contributed by atoms with Crippen LogP contribution in [0.2, 0.25) is 0 Å². The summed E-state index contributed by atoms with van der Waals surface area (Å²) in [6, 6.07) is 3.83. The molecule has 0 aliphatic heterocycles. The normalized spacial score (nSPS) is 13.3. The monoisotopic (exact) mass is 295 g/mol. The summed E-state index contributed by atoms with van der Waals surface area (Å²) in [4.78, 5) is 0. The first-order valence-corrected chi connectivity index (χ1v) is 6.12. The lowest BCUT2D eigenvalue weighted by Crippen LogP contribution is -2.21. The average Bonchev–Trinajstić information content (AvgIpc) is 2.32. The summed E-state index contributed by atoms with van der Waals surface area (Å²) in [6.07, 6.45) is -3.21. The van der Waals surface area contributed by atoms with Crippen molar-refractivity contribution in [3.8, 4) is 5.75 Å². The SMILES string of the molecule is CCC(N)Cc1cc(F)cc(OCOCC(F)(F)F)c1. The molecule has 0 aliphatic carbocycles. The number of halogens is 4. The molecule has 0 bridgehead atoms. The Labute approximate surface area is 114 Å². The van der Waals surface area contributed by atoms with E-state index in [9.17, 15) is 17.6 Å². The van der Waals surface area contributed by atoms with Crippen molar-refractivity contribution < 1.29 is 27.0 Å². The Hall–Kier alpha value is -1.34. The van der Waals surface area contributed by atoms with Crippen molar-refractivity contribution >= 4 is 0 Å². The van der Waals surface area contributed by atoms with Crippen molar-refractivity contribution in [2.24, 2.45) is 5.73 Å². The van der Waals surface area contributed by atoms with E-state index in [-0.39, 0.29) is 11.8 Å². The minimum absolute atomic E-state index is 0.105. The first kappa shape index (κ1) is 16.7. The fourth-order valence-corrected chi connectivity index (χ4v) is 1.54. The van der Waals surface area contributed by atoms with Gasteiger partial charge in [-0.15, -0.1) is 0 Å². The van der Waals surface area contributed by atoms with E-state index in [0.717, 1.165) is 12.5 Å². The van der Waals surface area contributed by atoms with Crippen molar-refractivity contribution in [2.75, 3.05) is 13.4 Å². The Morgan fingerprint density at radius 2 is 1.95 bits per heavy atom. The summed E-state index contributed by atoms with van der Waals surface area (Å²) in [6.45, 7) is -0.0928. The van der Waals surface area contributed by atoms with Crippen LogP contribution in [0.1, 0.15) is 18.9 Å². The molecule has 7 heteroatoms. The molecule has 0 spiro atoms. The van der Waals surface area contributed by atoms with E-state index >= 15 is 0 Å². The van der Waals surface area contributed by atoms with Crippen molar-refractivity contribution in [1.29, 1.82) is 0 Å². The van der Waals surface area contributed by atoms with Gasteiger partial charge < -0.3 is 15.2 Å². The van der Waals surface area contributed by atoms with Gasteiger partial charge in [0.2, 0.25) is 0 Å². The summed E-state index contributed by atoms with van der Waals surface area (Å²) >= 11 is 0. The Morgan fingerprint density at radius 1 is 1.25 bits per heavy atom. The van der Waals surface area contributed by atoms with Crippen LogP contribution in [0, 0.1) is 5.82 Å². The molecule has 0 saturated carbocycles. The molecule has 1 rings (SSSR count). The zero-order valence-electron chi connectivity index (χ0n) is 11.0. The van der Waals surface area contributed by atoms with E-state index in [0.29, 0.717) is 12.0 Å². The molecule has 3 nitrogen and oxygen atoms in total. The maximum absolute atomic E-state index is 13.3. The van der Waals surface area contributed by atoms with E-state index in [2.05, 4.69) is 4.74 Å². The molecular formula is C13H17F4NO2. The molecule has 1 aromatic rings. The largest absolute Gasteiger partial charge is 0.467 e. The second-order valence-electron chi connectivity index (χ2n) is 4.39. The lowest BCUT2D eigenvalue weighted by Gasteiger charge is -2.12. The maximum atomic E-state index is 13.3. The van der Waals surface area contributed by atoms with E-state index in [1.807, 2.05) is 6.92 Å². The maximum Gasteiger partial charge on any atom is 0.411 e. The summed E-state index contributed by atoms with van der Waals surface area (Å²) < 4.78 is 58.1. The van der Waals surface area contributed by atoms with Gasteiger partial charge in [-0.05, 0) is 30.5 Å². The lowest BCUT2D eigenvalue weighted by atomic mass is 10.0. The van der Waals surface area contributed by atoms with Gasteiger partial charge in [-0.2, -0.15) is 13.2 Å². The van der Waals surface area contributed by atoms with Crippen LogP contribution in [0.25, 0.3) is 0 Å². The topological polar surface area (TPSA) is 44.5 Å². The smallest absolute Gasteiger partial charge is 0.411 e. The quantitative estimate of drug-likeness (QED) is 0.478.